The molecule has 182 valence electrons. The fourth-order valence-corrected chi connectivity index (χ4v) is 4.65. The predicted molar refractivity (Wildman–Crippen MR) is 135 cm³/mol. The van der Waals surface area contributed by atoms with Crippen molar-refractivity contribution in [3.05, 3.63) is 71.2 Å². The molecule has 0 radical (unpaired) electrons. The summed E-state index contributed by atoms with van der Waals surface area (Å²) in [6, 6.07) is 15.0. The van der Waals surface area contributed by atoms with Crippen molar-refractivity contribution in [2.24, 2.45) is 0 Å². The summed E-state index contributed by atoms with van der Waals surface area (Å²) >= 11 is 0. The SMILES string of the molecule is CCN1CCN(c2c(CN(CC)Cc3cccc(OC)c3)c(C)nn2-c2cccc(F)c2)CC1. The summed E-state index contributed by atoms with van der Waals surface area (Å²) in [6.07, 6.45) is 0. The van der Waals surface area contributed by atoms with Gasteiger partial charge in [-0.1, -0.05) is 32.0 Å². The van der Waals surface area contributed by atoms with Crippen molar-refractivity contribution in [2.75, 3.05) is 51.3 Å². The van der Waals surface area contributed by atoms with Crippen LogP contribution in [0.5, 0.6) is 5.75 Å². The molecule has 0 amide bonds. The number of hydrogen-bond donors (Lipinski definition) is 0. The Kier molecular flexibility index (Phi) is 7.85. The van der Waals surface area contributed by atoms with Crippen LogP contribution in [0.15, 0.2) is 48.5 Å². The summed E-state index contributed by atoms with van der Waals surface area (Å²) in [5.41, 5.74) is 4.17. The Balaban J connectivity index is 1.67. The molecule has 2 aromatic carbocycles. The quantitative estimate of drug-likeness (QED) is 0.465. The zero-order chi connectivity index (χ0) is 24.1. The second-order valence-corrected chi connectivity index (χ2v) is 8.86. The second-order valence-electron chi connectivity index (χ2n) is 8.86. The van der Waals surface area contributed by atoms with Gasteiger partial charge in [0.1, 0.15) is 17.4 Å². The molecule has 6 nitrogen and oxygen atoms in total. The number of anilines is 1. The van der Waals surface area contributed by atoms with Crippen LogP contribution in [0.3, 0.4) is 0 Å². The lowest BCUT2D eigenvalue weighted by atomic mass is 10.1. The number of methoxy groups -OCH3 is 1. The van der Waals surface area contributed by atoms with Gasteiger partial charge in [-0.2, -0.15) is 5.10 Å². The van der Waals surface area contributed by atoms with Crippen molar-refractivity contribution < 1.29 is 9.13 Å². The zero-order valence-electron chi connectivity index (χ0n) is 20.8. The van der Waals surface area contributed by atoms with Crippen molar-refractivity contribution in [1.29, 1.82) is 0 Å². The fourth-order valence-electron chi connectivity index (χ4n) is 4.65. The lowest BCUT2D eigenvalue weighted by Crippen LogP contribution is -2.47. The van der Waals surface area contributed by atoms with E-state index in [4.69, 9.17) is 9.84 Å². The summed E-state index contributed by atoms with van der Waals surface area (Å²) in [5.74, 6) is 1.71. The number of rotatable bonds is 9. The number of benzene rings is 2. The molecule has 2 heterocycles. The minimum absolute atomic E-state index is 0.248. The number of aromatic nitrogens is 2. The molecule has 0 N–H and O–H groups in total. The normalized spacial score (nSPS) is 14.7. The van der Waals surface area contributed by atoms with Gasteiger partial charge in [0.2, 0.25) is 0 Å². The molecule has 0 unspecified atom stereocenters. The van der Waals surface area contributed by atoms with E-state index < -0.39 is 0 Å². The molecule has 0 saturated carbocycles. The summed E-state index contributed by atoms with van der Waals surface area (Å²) in [5, 5.41) is 4.91. The van der Waals surface area contributed by atoms with Crippen molar-refractivity contribution in [1.82, 2.24) is 19.6 Å². The van der Waals surface area contributed by atoms with E-state index in [1.54, 1.807) is 19.2 Å². The van der Waals surface area contributed by atoms with Crippen LogP contribution in [0.25, 0.3) is 5.69 Å². The maximum absolute atomic E-state index is 14.1. The lowest BCUT2D eigenvalue weighted by molar-refractivity contribution is 0.264. The predicted octanol–water partition coefficient (Wildman–Crippen LogP) is 4.49. The molecule has 7 heteroatoms. The van der Waals surface area contributed by atoms with Gasteiger partial charge in [-0.05, 0) is 55.9 Å². The monoisotopic (exact) mass is 465 g/mol. The van der Waals surface area contributed by atoms with Gasteiger partial charge in [0.05, 0.1) is 18.5 Å². The van der Waals surface area contributed by atoms with Gasteiger partial charge in [0, 0.05) is 44.8 Å². The standard InChI is InChI=1S/C27H36FN5O/c1-5-30-13-15-32(16-14-30)27-26(21(3)29-33(27)24-11-8-10-23(28)18-24)20-31(6-2)19-22-9-7-12-25(17-22)34-4/h7-12,17-18H,5-6,13-16,19-20H2,1-4H3. The number of ether oxygens (including phenoxy) is 1. The molecule has 1 aliphatic rings. The molecule has 0 aliphatic carbocycles. The van der Waals surface area contributed by atoms with Gasteiger partial charge in [-0.15, -0.1) is 0 Å². The lowest BCUT2D eigenvalue weighted by Gasteiger charge is -2.36. The van der Waals surface area contributed by atoms with Crippen LogP contribution in [0.2, 0.25) is 0 Å². The average Bonchev–Trinajstić information content (AvgIpc) is 3.19. The molecule has 0 bridgehead atoms. The fraction of sp³-hybridized carbons (Fsp3) is 0.444. The first-order valence-corrected chi connectivity index (χ1v) is 12.2. The highest BCUT2D eigenvalue weighted by atomic mass is 19.1. The van der Waals surface area contributed by atoms with E-state index in [1.165, 1.54) is 17.2 Å². The van der Waals surface area contributed by atoms with E-state index in [0.717, 1.165) is 75.3 Å². The molecule has 0 atom stereocenters. The average molecular weight is 466 g/mol. The van der Waals surface area contributed by atoms with E-state index in [-0.39, 0.29) is 5.82 Å². The van der Waals surface area contributed by atoms with Crippen LogP contribution in [0.1, 0.15) is 30.7 Å². The van der Waals surface area contributed by atoms with Crippen LogP contribution < -0.4 is 9.64 Å². The first-order chi connectivity index (χ1) is 16.5. The van der Waals surface area contributed by atoms with Crippen molar-refractivity contribution >= 4 is 5.82 Å². The Bertz CT molecular complexity index is 1090. The van der Waals surface area contributed by atoms with E-state index in [1.807, 2.05) is 22.9 Å². The summed E-state index contributed by atoms with van der Waals surface area (Å²) in [7, 11) is 1.70. The minimum atomic E-state index is -0.248. The van der Waals surface area contributed by atoms with Gasteiger partial charge < -0.3 is 14.5 Å². The zero-order valence-corrected chi connectivity index (χ0v) is 20.8. The van der Waals surface area contributed by atoms with E-state index >= 15 is 0 Å². The highest BCUT2D eigenvalue weighted by molar-refractivity contribution is 5.56. The maximum atomic E-state index is 14.1. The number of likely N-dealkylation sites (N-methyl/N-ethyl adjacent to an activating group) is 1. The minimum Gasteiger partial charge on any atom is -0.497 e. The molecular weight excluding hydrogens is 429 g/mol. The second kappa shape index (κ2) is 11.0. The van der Waals surface area contributed by atoms with Crippen molar-refractivity contribution in [2.45, 2.75) is 33.9 Å². The van der Waals surface area contributed by atoms with Gasteiger partial charge in [-0.25, -0.2) is 9.07 Å². The topological polar surface area (TPSA) is 36.8 Å². The first kappa shape index (κ1) is 24.2. The van der Waals surface area contributed by atoms with E-state index in [9.17, 15) is 4.39 Å². The molecule has 34 heavy (non-hydrogen) atoms. The molecule has 3 aromatic rings. The molecule has 1 aromatic heterocycles. The van der Waals surface area contributed by atoms with Gasteiger partial charge in [0.15, 0.2) is 0 Å². The van der Waals surface area contributed by atoms with Crippen molar-refractivity contribution in [3.63, 3.8) is 0 Å². The van der Waals surface area contributed by atoms with E-state index in [2.05, 4.69) is 47.6 Å². The van der Waals surface area contributed by atoms with Crippen LogP contribution in [-0.4, -0.2) is 66.0 Å². The third kappa shape index (κ3) is 5.42. The van der Waals surface area contributed by atoms with Gasteiger partial charge in [-0.3, -0.25) is 4.90 Å². The number of piperazine rings is 1. The van der Waals surface area contributed by atoms with Gasteiger partial charge in [0.25, 0.3) is 0 Å². The highest BCUT2D eigenvalue weighted by Crippen LogP contribution is 2.30. The third-order valence-corrected chi connectivity index (χ3v) is 6.70. The van der Waals surface area contributed by atoms with Crippen molar-refractivity contribution in [3.8, 4) is 11.4 Å². The largest absolute Gasteiger partial charge is 0.497 e. The number of aryl methyl sites for hydroxylation is 1. The third-order valence-electron chi connectivity index (χ3n) is 6.70. The Hall–Kier alpha value is -2.90. The Morgan fingerprint density at radius 1 is 1.00 bits per heavy atom. The van der Waals surface area contributed by atoms with Crippen LogP contribution in [0, 0.1) is 12.7 Å². The molecular formula is C27H36FN5O. The molecule has 1 aliphatic heterocycles. The Labute approximate surface area is 202 Å². The summed E-state index contributed by atoms with van der Waals surface area (Å²) in [4.78, 5) is 7.30. The highest BCUT2D eigenvalue weighted by Gasteiger charge is 2.26. The Morgan fingerprint density at radius 3 is 2.44 bits per heavy atom. The number of nitrogens with zero attached hydrogens (tertiary/aromatic N) is 5. The first-order valence-electron chi connectivity index (χ1n) is 12.2. The van der Waals surface area contributed by atoms with Crippen LogP contribution in [-0.2, 0) is 13.1 Å². The van der Waals surface area contributed by atoms with Crippen LogP contribution >= 0.6 is 0 Å². The number of hydrogen-bond acceptors (Lipinski definition) is 5. The Morgan fingerprint density at radius 2 is 1.76 bits per heavy atom. The summed E-state index contributed by atoms with van der Waals surface area (Å²) < 4.78 is 21.5. The van der Waals surface area contributed by atoms with Crippen LogP contribution in [0.4, 0.5) is 10.2 Å². The smallest absolute Gasteiger partial charge is 0.137 e. The van der Waals surface area contributed by atoms with Gasteiger partial charge >= 0.3 is 0 Å². The number of halogens is 1. The molecule has 1 saturated heterocycles. The molecule has 0 spiro atoms. The molecule has 1 fully saturated rings. The molecule has 4 rings (SSSR count). The maximum Gasteiger partial charge on any atom is 0.137 e. The van der Waals surface area contributed by atoms with E-state index in [0.29, 0.717) is 0 Å². The summed E-state index contributed by atoms with van der Waals surface area (Å²) in [6.45, 7) is 13.9.